The van der Waals surface area contributed by atoms with Gasteiger partial charge in [-0.2, -0.15) is 0 Å². The molecule has 0 aliphatic rings. The molecule has 0 spiro atoms. The number of carbonyl (C=O) groups is 2. The molecule has 10 heteroatoms. The number of carboxylic acid groups (broad SMARTS) is 1. The summed E-state index contributed by atoms with van der Waals surface area (Å²) in [6.07, 6.45) is 1.27. The Balaban J connectivity index is 1.96. The molecule has 10 nitrogen and oxygen atoms in total. The van der Waals surface area contributed by atoms with Gasteiger partial charge in [-0.25, -0.2) is 9.78 Å². The molecule has 1 aromatic carbocycles. The van der Waals surface area contributed by atoms with Crippen molar-refractivity contribution in [2.24, 2.45) is 14.1 Å². The lowest BCUT2D eigenvalue weighted by molar-refractivity contribution is -0.254. The second-order valence-corrected chi connectivity index (χ2v) is 5.63. The summed E-state index contributed by atoms with van der Waals surface area (Å²) in [6.45, 7) is -0.266. The molecule has 0 saturated carbocycles. The van der Waals surface area contributed by atoms with Gasteiger partial charge >= 0.3 is 5.69 Å². The smallest absolute Gasteiger partial charge is 0.332 e. The molecule has 0 aliphatic carbocycles. The number of hydrogen-bond acceptors (Lipinski definition) is 6. The number of rotatable bonds is 4. The molecule has 0 atom stereocenters. The molecule has 3 aromatic rings. The molecular formula is C16H14N5O5-. The van der Waals surface area contributed by atoms with Crippen molar-refractivity contribution in [3.05, 3.63) is 57.0 Å². The lowest BCUT2D eigenvalue weighted by Crippen LogP contribution is -2.37. The highest BCUT2D eigenvalue weighted by atomic mass is 16.4. The molecule has 2 aromatic heterocycles. The number of aromatic nitrogens is 4. The fraction of sp³-hybridized carbons (Fsp3) is 0.188. The molecule has 26 heavy (non-hydrogen) atoms. The number of carbonyl (C=O) groups excluding carboxylic acids is 2. The molecular weight excluding hydrogens is 342 g/mol. The van der Waals surface area contributed by atoms with Crippen molar-refractivity contribution in [2.75, 3.05) is 5.32 Å². The Hall–Kier alpha value is -3.69. The van der Waals surface area contributed by atoms with E-state index in [4.69, 9.17) is 0 Å². The second-order valence-electron chi connectivity index (χ2n) is 5.63. The van der Waals surface area contributed by atoms with Crippen LogP contribution in [0, 0.1) is 0 Å². The van der Waals surface area contributed by atoms with E-state index < -0.39 is 23.1 Å². The average Bonchev–Trinajstić information content (AvgIpc) is 3.02. The predicted octanol–water partition coefficient (Wildman–Crippen LogP) is -1.56. The van der Waals surface area contributed by atoms with Gasteiger partial charge in [0.25, 0.3) is 5.56 Å². The number of nitrogens with one attached hydrogen (secondary N) is 1. The first-order chi connectivity index (χ1) is 12.3. The number of aromatic carboxylic acids is 1. The van der Waals surface area contributed by atoms with Crippen LogP contribution in [0.5, 0.6) is 0 Å². The Kier molecular flexibility index (Phi) is 4.16. The molecule has 0 saturated heterocycles. The average molecular weight is 356 g/mol. The maximum atomic E-state index is 12.3. The number of benzene rings is 1. The normalized spacial score (nSPS) is 10.8. The summed E-state index contributed by atoms with van der Waals surface area (Å²) in [5.74, 6) is -1.97. The maximum absolute atomic E-state index is 12.3. The van der Waals surface area contributed by atoms with Crippen molar-refractivity contribution >= 4 is 28.7 Å². The third kappa shape index (κ3) is 2.77. The number of fused-ring (bicyclic) bond motifs is 1. The van der Waals surface area contributed by atoms with E-state index in [-0.39, 0.29) is 29.0 Å². The van der Waals surface area contributed by atoms with Crippen LogP contribution in [0.1, 0.15) is 10.4 Å². The number of aryl methyl sites for hydroxylation is 1. The van der Waals surface area contributed by atoms with Crippen LogP contribution in [0.25, 0.3) is 11.2 Å². The highest BCUT2D eigenvalue weighted by molar-refractivity contribution is 5.99. The topological polar surface area (TPSA) is 131 Å². The van der Waals surface area contributed by atoms with Gasteiger partial charge in [0.05, 0.1) is 12.3 Å². The quantitative estimate of drug-likeness (QED) is 0.601. The van der Waals surface area contributed by atoms with Crippen LogP contribution in [-0.2, 0) is 25.4 Å². The SMILES string of the molecule is Cn1c(=O)c2ncn(CC(=O)Nc3ccccc3C(=O)[O-])c2n(C)c1=O. The summed E-state index contributed by atoms with van der Waals surface area (Å²) in [6, 6.07) is 5.82. The second kappa shape index (κ2) is 6.31. The molecule has 1 N–H and O–H groups in total. The molecule has 2 heterocycles. The van der Waals surface area contributed by atoms with Crippen LogP contribution in [0.4, 0.5) is 5.69 Å². The van der Waals surface area contributed by atoms with E-state index in [0.29, 0.717) is 0 Å². The number of nitrogens with zero attached hydrogens (tertiary/aromatic N) is 4. The fourth-order valence-electron chi connectivity index (χ4n) is 2.67. The summed E-state index contributed by atoms with van der Waals surface area (Å²) >= 11 is 0. The van der Waals surface area contributed by atoms with E-state index in [1.165, 1.54) is 47.8 Å². The van der Waals surface area contributed by atoms with Gasteiger partial charge in [0.15, 0.2) is 5.52 Å². The molecule has 0 radical (unpaired) electrons. The third-order valence-corrected chi connectivity index (χ3v) is 3.94. The van der Waals surface area contributed by atoms with E-state index in [1.807, 2.05) is 0 Å². The van der Waals surface area contributed by atoms with Gasteiger partial charge in [-0.1, -0.05) is 18.2 Å². The lowest BCUT2D eigenvalue weighted by Gasteiger charge is -2.12. The zero-order chi connectivity index (χ0) is 19.0. The van der Waals surface area contributed by atoms with E-state index >= 15 is 0 Å². The summed E-state index contributed by atoms with van der Waals surface area (Å²) in [4.78, 5) is 51.5. The molecule has 1 amide bonds. The Morgan fingerprint density at radius 1 is 1.15 bits per heavy atom. The Bertz CT molecular complexity index is 1150. The molecule has 0 aliphatic heterocycles. The first-order valence-corrected chi connectivity index (χ1v) is 7.52. The largest absolute Gasteiger partial charge is 0.545 e. The van der Waals surface area contributed by atoms with Crippen LogP contribution < -0.4 is 21.7 Å². The number of hydrogen-bond donors (Lipinski definition) is 1. The maximum Gasteiger partial charge on any atom is 0.332 e. The van der Waals surface area contributed by atoms with Crippen molar-refractivity contribution in [3.63, 3.8) is 0 Å². The number of carboxylic acids is 1. The van der Waals surface area contributed by atoms with Crippen LogP contribution in [0.3, 0.4) is 0 Å². The van der Waals surface area contributed by atoms with Crippen molar-refractivity contribution in [3.8, 4) is 0 Å². The standard InChI is InChI=1S/C16H15N5O5/c1-19-13-12(14(23)20(2)16(19)26)17-8-21(13)7-11(22)18-10-6-4-3-5-9(10)15(24)25/h3-6,8H,7H2,1-2H3,(H,18,22)(H,24,25)/p-1. The first-order valence-electron chi connectivity index (χ1n) is 7.52. The molecule has 3 rings (SSSR count). The Morgan fingerprint density at radius 3 is 2.54 bits per heavy atom. The Labute approximate surface area is 145 Å². The van der Waals surface area contributed by atoms with Crippen molar-refractivity contribution in [2.45, 2.75) is 6.54 Å². The van der Waals surface area contributed by atoms with Crippen LogP contribution in [0.15, 0.2) is 40.2 Å². The van der Waals surface area contributed by atoms with E-state index in [9.17, 15) is 24.3 Å². The van der Waals surface area contributed by atoms with Crippen molar-refractivity contribution in [1.29, 1.82) is 0 Å². The number of imidazole rings is 1. The summed E-state index contributed by atoms with van der Waals surface area (Å²) in [5.41, 5.74) is -0.931. The zero-order valence-corrected chi connectivity index (χ0v) is 13.9. The molecule has 0 fully saturated rings. The minimum atomic E-state index is -1.42. The van der Waals surface area contributed by atoms with Crippen LogP contribution in [-0.4, -0.2) is 30.6 Å². The van der Waals surface area contributed by atoms with Crippen LogP contribution in [0.2, 0.25) is 0 Å². The summed E-state index contributed by atoms with van der Waals surface area (Å²) < 4.78 is 3.48. The van der Waals surface area contributed by atoms with Gasteiger partial charge < -0.3 is 19.8 Å². The lowest BCUT2D eigenvalue weighted by atomic mass is 10.2. The van der Waals surface area contributed by atoms with Crippen molar-refractivity contribution in [1.82, 2.24) is 18.7 Å². The van der Waals surface area contributed by atoms with Gasteiger partial charge in [-0.05, 0) is 6.07 Å². The highest BCUT2D eigenvalue weighted by Crippen LogP contribution is 2.14. The predicted molar refractivity (Wildman–Crippen MR) is 89.6 cm³/mol. The van der Waals surface area contributed by atoms with E-state index in [1.54, 1.807) is 6.07 Å². The Morgan fingerprint density at radius 2 is 1.85 bits per heavy atom. The monoisotopic (exact) mass is 356 g/mol. The van der Waals surface area contributed by atoms with Gasteiger partial charge in [-0.15, -0.1) is 0 Å². The molecule has 0 unspecified atom stereocenters. The first kappa shape index (κ1) is 17.1. The minimum absolute atomic E-state index is 0.0533. The van der Waals surface area contributed by atoms with Gasteiger partial charge in [0, 0.05) is 25.3 Å². The highest BCUT2D eigenvalue weighted by Gasteiger charge is 2.16. The van der Waals surface area contributed by atoms with Gasteiger partial charge in [0.2, 0.25) is 5.91 Å². The summed E-state index contributed by atoms with van der Waals surface area (Å²) in [7, 11) is 2.80. The van der Waals surface area contributed by atoms with Crippen LogP contribution >= 0.6 is 0 Å². The van der Waals surface area contributed by atoms with Crippen molar-refractivity contribution < 1.29 is 14.7 Å². The fourth-order valence-corrected chi connectivity index (χ4v) is 2.67. The molecule has 134 valence electrons. The van der Waals surface area contributed by atoms with E-state index in [2.05, 4.69) is 10.3 Å². The van der Waals surface area contributed by atoms with Gasteiger partial charge in [0.1, 0.15) is 12.2 Å². The number of para-hydroxylation sites is 1. The number of amides is 1. The van der Waals surface area contributed by atoms with Gasteiger partial charge in [-0.3, -0.25) is 18.7 Å². The zero-order valence-electron chi connectivity index (χ0n) is 13.9. The third-order valence-electron chi connectivity index (χ3n) is 3.94. The molecule has 0 bridgehead atoms. The minimum Gasteiger partial charge on any atom is -0.545 e. The summed E-state index contributed by atoms with van der Waals surface area (Å²) in [5, 5.41) is 13.6. The number of anilines is 1. The van der Waals surface area contributed by atoms with E-state index in [0.717, 1.165) is 4.57 Å².